The summed E-state index contributed by atoms with van der Waals surface area (Å²) >= 11 is 1.12. The van der Waals surface area contributed by atoms with Gasteiger partial charge in [0.25, 0.3) is 0 Å². The Bertz CT molecular complexity index is 478. The van der Waals surface area contributed by atoms with E-state index in [-0.39, 0.29) is 17.5 Å². The van der Waals surface area contributed by atoms with Gasteiger partial charge in [0.1, 0.15) is 0 Å². The molecule has 8 heteroatoms. The normalized spacial score (nSPS) is 14.6. The minimum atomic E-state index is -1.61. The molecule has 0 fully saturated rings. The van der Waals surface area contributed by atoms with Crippen LogP contribution in [0.4, 0.5) is 0 Å². The zero-order valence-electron chi connectivity index (χ0n) is 10.8. The summed E-state index contributed by atoms with van der Waals surface area (Å²) in [6.07, 6.45) is 0. The van der Waals surface area contributed by atoms with Gasteiger partial charge in [0.2, 0.25) is 0 Å². The van der Waals surface area contributed by atoms with Gasteiger partial charge in [0.05, 0.1) is 7.11 Å². The summed E-state index contributed by atoms with van der Waals surface area (Å²) in [6, 6.07) is -0.0539. The molecule has 0 aliphatic carbocycles. The van der Waals surface area contributed by atoms with E-state index in [4.69, 9.17) is 0 Å². The molecule has 2 N–H and O–H groups in total. The number of methoxy groups -OCH3 is 1. The van der Waals surface area contributed by atoms with Crippen molar-refractivity contribution in [3.63, 3.8) is 0 Å². The third kappa shape index (κ3) is 3.14. The van der Waals surface area contributed by atoms with Crippen LogP contribution in [0.2, 0.25) is 0 Å². The fraction of sp³-hybridized carbons (Fsp3) is 0.700. The standard InChI is InChI=1S/C10H17N3O4S/c1-6(2)13-8(15)11-12-9(13)18-5-10(3,16)7(14)17-4/h6,16H,5H2,1-4H3,(H,11,15). The van der Waals surface area contributed by atoms with E-state index >= 15 is 0 Å². The van der Waals surface area contributed by atoms with Crippen LogP contribution >= 0.6 is 11.8 Å². The first-order valence-electron chi connectivity index (χ1n) is 5.40. The monoisotopic (exact) mass is 275 g/mol. The van der Waals surface area contributed by atoms with E-state index in [1.54, 1.807) is 0 Å². The summed E-state index contributed by atoms with van der Waals surface area (Å²) in [5.74, 6) is -0.666. The minimum Gasteiger partial charge on any atom is -0.467 e. The molecule has 0 spiro atoms. The molecule has 1 rings (SSSR count). The van der Waals surface area contributed by atoms with Gasteiger partial charge in [0.15, 0.2) is 10.8 Å². The van der Waals surface area contributed by atoms with Gasteiger partial charge in [-0.15, -0.1) is 5.10 Å². The van der Waals surface area contributed by atoms with Crippen LogP contribution in [0.5, 0.6) is 0 Å². The number of ether oxygens (including phenoxy) is 1. The van der Waals surface area contributed by atoms with E-state index in [1.807, 2.05) is 13.8 Å². The van der Waals surface area contributed by atoms with Crippen LogP contribution in [0, 0.1) is 0 Å². The van der Waals surface area contributed by atoms with Crippen LogP contribution in [-0.4, -0.2) is 44.3 Å². The second-order valence-electron chi connectivity index (χ2n) is 4.33. The maximum atomic E-state index is 11.5. The molecule has 1 heterocycles. The molecule has 0 amide bonds. The first-order chi connectivity index (χ1) is 8.29. The number of nitrogens with zero attached hydrogens (tertiary/aromatic N) is 2. The molecular formula is C10H17N3O4S. The number of nitrogens with one attached hydrogen (secondary N) is 1. The molecule has 1 aromatic rings. The van der Waals surface area contributed by atoms with Crippen molar-refractivity contribution in [1.29, 1.82) is 0 Å². The Kier molecular flexibility index (Phi) is 4.58. The van der Waals surface area contributed by atoms with Crippen molar-refractivity contribution in [3.8, 4) is 0 Å². The number of hydrogen-bond acceptors (Lipinski definition) is 6. The third-order valence-electron chi connectivity index (χ3n) is 2.30. The Labute approximate surface area is 109 Å². The van der Waals surface area contributed by atoms with Crippen molar-refractivity contribution >= 4 is 17.7 Å². The van der Waals surface area contributed by atoms with Crippen molar-refractivity contribution in [2.24, 2.45) is 0 Å². The topological polar surface area (TPSA) is 97.2 Å². The Hall–Kier alpha value is -1.28. The van der Waals surface area contributed by atoms with Crippen LogP contribution in [0.25, 0.3) is 0 Å². The van der Waals surface area contributed by atoms with Crippen molar-refractivity contribution < 1.29 is 14.6 Å². The predicted octanol–water partition coefficient (Wildman–Crippen LogP) is 0.168. The van der Waals surface area contributed by atoms with Crippen molar-refractivity contribution in [3.05, 3.63) is 10.5 Å². The Balaban J connectivity index is 2.81. The summed E-state index contributed by atoms with van der Waals surface area (Å²) in [5.41, 5.74) is -1.93. The summed E-state index contributed by atoms with van der Waals surface area (Å²) < 4.78 is 5.94. The maximum Gasteiger partial charge on any atom is 0.344 e. The van der Waals surface area contributed by atoms with E-state index in [1.165, 1.54) is 18.6 Å². The fourth-order valence-electron chi connectivity index (χ4n) is 1.33. The van der Waals surface area contributed by atoms with Crippen molar-refractivity contribution in [2.45, 2.75) is 37.6 Å². The summed E-state index contributed by atoms with van der Waals surface area (Å²) in [7, 11) is 1.21. The number of aliphatic hydroxyl groups is 1. The molecule has 1 aromatic heterocycles. The lowest BCUT2D eigenvalue weighted by atomic mass is 10.1. The number of thioether (sulfide) groups is 1. The molecule has 18 heavy (non-hydrogen) atoms. The van der Waals surface area contributed by atoms with Crippen LogP contribution < -0.4 is 5.69 Å². The number of carbonyl (C=O) groups excluding carboxylic acids is 1. The molecule has 102 valence electrons. The first kappa shape index (κ1) is 14.8. The maximum absolute atomic E-state index is 11.5. The number of carbonyl (C=O) groups is 1. The molecule has 0 bridgehead atoms. The van der Waals surface area contributed by atoms with Crippen molar-refractivity contribution in [2.75, 3.05) is 12.9 Å². The van der Waals surface area contributed by atoms with Gasteiger partial charge in [-0.2, -0.15) is 0 Å². The highest BCUT2D eigenvalue weighted by Crippen LogP contribution is 2.22. The van der Waals surface area contributed by atoms with Gasteiger partial charge in [-0.1, -0.05) is 11.8 Å². The second kappa shape index (κ2) is 5.57. The number of aromatic amines is 1. The lowest BCUT2D eigenvalue weighted by Crippen LogP contribution is -2.38. The van der Waals surface area contributed by atoms with Gasteiger partial charge in [-0.3, -0.25) is 4.57 Å². The first-order valence-corrected chi connectivity index (χ1v) is 6.38. The SMILES string of the molecule is COC(=O)C(C)(O)CSc1n[nH]c(=O)n1C(C)C. The Morgan fingerprint density at radius 3 is 2.78 bits per heavy atom. The van der Waals surface area contributed by atoms with E-state index in [9.17, 15) is 14.7 Å². The zero-order chi connectivity index (χ0) is 13.9. The molecule has 0 aliphatic rings. The highest BCUT2D eigenvalue weighted by atomic mass is 32.2. The molecule has 0 saturated carbocycles. The minimum absolute atomic E-state index is 0.0523. The molecular weight excluding hydrogens is 258 g/mol. The second-order valence-corrected chi connectivity index (χ2v) is 5.27. The molecule has 0 radical (unpaired) electrons. The third-order valence-corrected chi connectivity index (χ3v) is 3.55. The smallest absolute Gasteiger partial charge is 0.344 e. The lowest BCUT2D eigenvalue weighted by Gasteiger charge is -2.19. The summed E-state index contributed by atoms with van der Waals surface area (Å²) in [5, 5.41) is 16.5. The van der Waals surface area contributed by atoms with E-state index < -0.39 is 11.6 Å². The van der Waals surface area contributed by atoms with E-state index in [0.29, 0.717) is 5.16 Å². The van der Waals surface area contributed by atoms with Crippen LogP contribution in [0.1, 0.15) is 26.8 Å². The molecule has 0 aromatic carbocycles. The van der Waals surface area contributed by atoms with Gasteiger partial charge in [-0.25, -0.2) is 14.7 Å². The van der Waals surface area contributed by atoms with Gasteiger partial charge < -0.3 is 9.84 Å². The lowest BCUT2D eigenvalue weighted by molar-refractivity contribution is -0.158. The molecule has 0 saturated heterocycles. The van der Waals surface area contributed by atoms with Crippen LogP contribution in [0.3, 0.4) is 0 Å². The van der Waals surface area contributed by atoms with Crippen LogP contribution in [0.15, 0.2) is 9.95 Å². The number of H-pyrrole nitrogens is 1. The number of hydrogen-bond donors (Lipinski definition) is 2. The van der Waals surface area contributed by atoms with E-state index in [0.717, 1.165) is 11.8 Å². The van der Waals surface area contributed by atoms with Crippen LogP contribution in [-0.2, 0) is 9.53 Å². The number of esters is 1. The molecule has 7 nitrogen and oxygen atoms in total. The zero-order valence-corrected chi connectivity index (χ0v) is 11.6. The summed E-state index contributed by atoms with van der Waals surface area (Å²) in [6.45, 7) is 5.05. The van der Waals surface area contributed by atoms with Gasteiger partial charge in [-0.05, 0) is 20.8 Å². The van der Waals surface area contributed by atoms with Crippen molar-refractivity contribution in [1.82, 2.24) is 14.8 Å². The Morgan fingerprint density at radius 2 is 2.28 bits per heavy atom. The molecule has 1 unspecified atom stereocenters. The van der Waals surface area contributed by atoms with E-state index in [2.05, 4.69) is 14.9 Å². The highest BCUT2D eigenvalue weighted by Gasteiger charge is 2.32. The molecule has 0 aliphatic heterocycles. The Morgan fingerprint density at radius 1 is 1.67 bits per heavy atom. The highest BCUT2D eigenvalue weighted by molar-refractivity contribution is 7.99. The predicted molar refractivity (Wildman–Crippen MR) is 66.6 cm³/mol. The van der Waals surface area contributed by atoms with Gasteiger partial charge >= 0.3 is 11.7 Å². The average molecular weight is 275 g/mol. The summed E-state index contributed by atoms with van der Waals surface area (Å²) in [4.78, 5) is 22.8. The van der Waals surface area contributed by atoms with Gasteiger partial charge in [0, 0.05) is 11.8 Å². The fourth-order valence-corrected chi connectivity index (χ4v) is 2.40. The number of rotatable bonds is 5. The molecule has 1 atom stereocenters. The quantitative estimate of drug-likeness (QED) is 0.587. The number of aromatic nitrogens is 3. The largest absolute Gasteiger partial charge is 0.467 e. The average Bonchev–Trinajstić information content (AvgIpc) is 2.66.